The van der Waals surface area contributed by atoms with E-state index in [1.54, 1.807) is 0 Å². The highest BCUT2D eigenvalue weighted by Crippen LogP contribution is 1.98. The number of rotatable bonds is 1. The second-order valence-corrected chi connectivity index (χ2v) is 2.73. The van der Waals surface area contributed by atoms with Crippen LogP contribution in [0.4, 0.5) is 0 Å². The van der Waals surface area contributed by atoms with Crippen LogP contribution in [-0.2, 0) is 12.6 Å². The fourth-order valence-corrected chi connectivity index (χ4v) is 0.846. The van der Waals surface area contributed by atoms with Crippen molar-refractivity contribution in [1.82, 2.24) is 0 Å². The molecule has 0 aromatic heterocycles. The fourth-order valence-electron chi connectivity index (χ4n) is 0.574. The Bertz CT molecular complexity index is 203. The molecule has 1 aromatic carbocycles. The summed E-state index contributed by atoms with van der Waals surface area (Å²) in [5.41, 5.74) is 0.961. The van der Waals surface area contributed by atoms with Crippen LogP contribution >= 0.6 is 12.2 Å². The minimum absolute atomic E-state index is 0.538. The Morgan fingerprint density at radius 1 is 1.22 bits per heavy atom. The van der Waals surface area contributed by atoms with Crippen LogP contribution in [-0.4, -0.2) is 4.20 Å². The molecule has 1 aromatic rings. The smallest absolute Gasteiger partial charge is 0.0379 e. The van der Waals surface area contributed by atoms with Crippen molar-refractivity contribution < 1.29 is 0 Å². The summed E-state index contributed by atoms with van der Waals surface area (Å²) in [6, 6.07) is 9.61. The lowest BCUT2D eigenvalue weighted by Crippen LogP contribution is -1.88. The van der Waals surface area contributed by atoms with E-state index in [4.69, 9.17) is 24.8 Å². The van der Waals surface area contributed by atoms with Crippen molar-refractivity contribution in [3.05, 3.63) is 35.9 Å². The average Bonchev–Trinajstić information content (AvgIpc) is 1.90. The molecule has 0 aliphatic rings. The Balaban J connectivity index is 2.98. The molecule has 0 fully saturated rings. The molecular formula is C7H5S2-. The van der Waals surface area contributed by atoms with Gasteiger partial charge in [-0.05, 0) is 5.56 Å². The standard InChI is InChI=1S/C7H6S2/c8-7(9)6-4-2-1-3-5-6/h1-5H,(H,8,9)/p-1. The van der Waals surface area contributed by atoms with Gasteiger partial charge < -0.3 is 24.8 Å². The Hall–Kier alpha value is -0.470. The Morgan fingerprint density at radius 3 is 2.11 bits per heavy atom. The van der Waals surface area contributed by atoms with Crippen LogP contribution in [0.2, 0.25) is 0 Å². The molecule has 0 unspecified atom stereocenters. The molecule has 0 saturated carbocycles. The molecule has 0 aliphatic carbocycles. The van der Waals surface area contributed by atoms with E-state index >= 15 is 0 Å². The van der Waals surface area contributed by atoms with E-state index in [1.165, 1.54) is 0 Å². The molecule has 0 saturated heterocycles. The summed E-state index contributed by atoms with van der Waals surface area (Å²) in [6.45, 7) is 0. The van der Waals surface area contributed by atoms with Crippen molar-refractivity contribution in [2.24, 2.45) is 0 Å². The van der Waals surface area contributed by atoms with Crippen molar-refractivity contribution >= 4 is 29.0 Å². The van der Waals surface area contributed by atoms with Gasteiger partial charge in [0.15, 0.2) is 0 Å². The third kappa shape index (κ3) is 1.73. The minimum atomic E-state index is 0.538. The third-order valence-electron chi connectivity index (χ3n) is 1.01. The second kappa shape index (κ2) is 2.90. The predicted octanol–water partition coefficient (Wildman–Crippen LogP) is 1.91. The maximum atomic E-state index is 4.78. The van der Waals surface area contributed by atoms with E-state index in [0.717, 1.165) is 5.56 Å². The van der Waals surface area contributed by atoms with Crippen molar-refractivity contribution in [3.63, 3.8) is 0 Å². The summed E-state index contributed by atoms with van der Waals surface area (Å²) in [5, 5.41) is 0. The van der Waals surface area contributed by atoms with Crippen LogP contribution < -0.4 is 0 Å². The van der Waals surface area contributed by atoms with Crippen LogP contribution in [0.15, 0.2) is 30.3 Å². The molecular weight excluding hydrogens is 148 g/mol. The highest BCUT2D eigenvalue weighted by Gasteiger charge is 1.81. The Labute approximate surface area is 65.3 Å². The summed E-state index contributed by atoms with van der Waals surface area (Å²) in [7, 11) is 0. The fraction of sp³-hybridized carbons (Fsp3) is 0. The lowest BCUT2D eigenvalue weighted by molar-refractivity contribution is 1.69. The zero-order chi connectivity index (χ0) is 6.69. The topological polar surface area (TPSA) is 0 Å². The van der Waals surface area contributed by atoms with Crippen molar-refractivity contribution in [1.29, 1.82) is 0 Å². The lowest BCUT2D eigenvalue weighted by atomic mass is 10.2. The van der Waals surface area contributed by atoms with Crippen LogP contribution in [0.3, 0.4) is 0 Å². The highest BCUT2D eigenvalue weighted by molar-refractivity contribution is 8.01. The largest absolute Gasteiger partial charge is 0.428 e. The van der Waals surface area contributed by atoms with Crippen LogP contribution in [0.5, 0.6) is 0 Å². The zero-order valence-corrected chi connectivity index (χ0v) is 6.34. The summed E-state index contributed by atoms with van der Waals surface area (Å²) < 4.78 is 0.538. The van der Waals surface area contributed by atoms with Gasteiger partial charge in [0.1, 0.15) is 0 Å². The first-order chi connectivity index (χ1) is 4.30. The molecule has 0 atom stereocenters. The SMILES string of the molecule is S=C([S-])c1ccccc1. The lowest BCUT2D eigenvalue weighted by Gasteiger charge is -2.02. The van der Waals surface area contributed by atoms with Gasteiger partial charge in [0, 0.05) is 0 Å². The van der Waals surface area contributed by atoms with Gasteiger partial charge in [-0.2, -0.15) is 0 Å². The van der Waals surface area contributed by atoms with Crippen molar-refractivity contribution in [3.8, 4) is 0 Å². The van der Waals surface area contributed by atoms with Gasteiger partial charge in [-0.15, -0.1) is 4.20 Å². The normalized spacial score (nSPS) is 8.89. The first-order valence-electron chi connectivity index (χ1n) is 2.57. The van der Waals surface area contributed by atoms with Gasteiger partial charge in [0.2, 0.25) is 0 Å². The monoisotopic (exact) mass is 153 g/mol. The van der Waals surface area contributed by atoms with Gasteiger partial charge in [-0.25, -0.2) is 0 Å². The maximum Gasteiger partial charge on any atom is -0.0379 e. The molecule has 0 N–H and O–H groups in total. The van der Waals surface area contributed by atoms with Gasteiger partial charge in [-0.3, -0.25) is 0 Å². The summed E-state index contributed by atoms with van der Waals surface area (Å²) >= 11 is 9.55. The van der Waals surface area contributed by atoms with E-state index < -0.39 is 0 Å². The second-order valence-electron chi connectivity index (χ2n) is 1.65. The molecule has 46 valence electrons. The van der Waals surface area contributed by atoms with Gasteiger partial charge in [0.05, 0.1) is 0 Å². The molecule has 0 bridgehead atoms. The Morgan fingerprint density at radius 2 is 1.78 bits per heavy atom. The number of thiocarbonyl (C=S) groups is 1. The molecule has 0 aliphatic heterocycles. The van der Waals surface area contributed by atoms with Gasteiger partial charge >= 0.3 is 0 Å². The van der Waals surface area contributed by atoms with Crippen molar-refractivity contribution in [2.75, 3.05) is 0 Å². The first-order valence-corrected chi connectivity index (χ1v) is 3.39. The minimum Gasteiger partial charge on any atom is -0.428 e. The number of benzene rings is 1. The number of hydrogen-bond acceptors (Lipinski definition) is 2. The zero-order valence-electron chi connectivity index (χ0n) is 4.70. The third-order valence-corrected chi connectivity index (χ3v) is 1.48. The molecule has 0 nitrogen and oxygen atoms in total. The molecule has 0 heterocycles. The van der Waals surface area contributed by atoms with E-state index in [-0.39, 0.29) is 0 Å². The van der Waals surface area contributed by atoms with Crippen molar-refractivity contribution in [2.45, 2.75) is 0 Å². The molecule has 0 radical (unpaired) electrons. The highest BCUT2D eigenvalue weighted by atomic mass is 32.1. The summed E-state index contributed by atoms with van der Waals surface area (Å²) in [5.74, 6) is 0. The molecule has 2 heteroatoms. The summed E-state index contributed by atoms with van der Waals surface area (Å²) in [4.78, 5) is 0. The van der Waals surface area contributed by atoms with Crippen LogP contribution in [0.25, 0.3) is 0 Å². The number of hydrogen-bond donors (Lipinski definition) is 0. The van der Waals surface area contributed by atoms with Crippen LogP contribution in [0, 0.1) is 0 Å². The molecule has 0 spiro atoms. The maximum absolute atomic E-state index is 4.78. The Kier molecular flexibility index (Phi) is 2.14. The summed E-state index contributed by atoms with van der Waals surface area (Å²) in [6.07, 6.45) is 0. The van der Waals surface area contributed by atoms with Gasteiger partial charge in [-0.1, -0.05) is 30.3 Å². The van der Waals surface area contributed by atoms with E-state index in [9.17, 15) is 0 Å². The predicted molar refractivity (Wildman–Crippen MR) is 45.5 cm³/mol. The quantitative estimate of drug-likeness (QED) is 0.446. The van der Waals surface area contributed by atoms with E-state index in [2.05, 4.69) is 0 Å². The molecule has 0 amide bonds. The van der Waals surface area contributed by atoms with E-state index in [0.29, 0.717) is 4.20 Å². The molecule has 1 rings (SSSR count). The van der Waals surface area contributed by atoms with E-state index in [1.807, 2.05) is 30.3 Å². The van der Waals surface area contributed by atoms with Crippen LogP contribution in [0.1, 0.15) is 5.56 Å². The average molecular weight is 153 g/mol. The first kappa shape index (κ1) is 6.65. The molecule has 9 heavy (non-hydrogen) atoms. The van der Waals surface area contributed by atoms with Gasteiger partial charge in [0.25, 0.3) is 0 Å².